The molecule has 3 heterocycles. The van der Waals surface area contributed by atoms with Gasteiger partial charge in [0, 0.05) is 23.7 Å². The summed E-state index contributed by atoms with van der Waals surface area (Å²) in [7, 11) is -4.25. The number of nitrogen functional groups attached to an aromatic ring is 1. The molecule has 2 aromatic rings. The first-order chi connectivity index (χ1) is 20.0. The van der Waals surface area contributed by atoms with E-state index in [1.165, 1.54) is 19.2 Å². The highest BCUT2D eigenvalue weighted by Crippen LogP contribution is 2.40. The number of hydrogen-bond donors (Lipinski definition) is 7. The zero-order chi connectivity index (χ0) is 31.9. The molecule has 230 valence electrons. The molecule has 1 aromatic carbocycles. The average Bonchev–Trinajstić information content (AvgIpc) is 3.36. The molecule has 0 saturated carbocycles. The normalized spacial score (nSPS) is 19.0. The van der Waals surface area contributed by atoms with Crippen LogP contribution in [0.1, 0.15) is 19.5 Å². The number of carbonyl (C=O) groups is 4. The average molecular weight is 657 g/mol. The lowest BCUT2D eigenvalue weighted by Crippen LogP contribution is -2.71. The van der Waals surface area contributed by atoms with Gasteiger partial charge in [-0.25, -0.2) is 27.7 Å². The highest BCUT2D eigenvalue weighted by molar-refractivity contribution is 8.00. The third kappa shape index (κ3) is 6.35. The number of β-lactam (4-membered cyclic amide) rings is 1. The highest BCUT2D eigenvalue weighted by Gasteiger charge is 2.54. The number of oxime groups is 1. The van der Waals surface area contributed by atoms with Crippen molar-refractivity contribution in [2.75, 3.05) is 18.0 Å². The van der Waals surface area contributed by atoms with Crippen molar-refractivity contribution < 1.29 is 52.9 Å². The third-order valence-corrected chi connectivity index (χ3v) is 9.54. The van der Waals surface area contributed by atoms with Gasteiger partial charge in [0.1, 0.15) is 22.8 Å². The molecule has 2 amide bonds. The number of nitrogens with one attached hydrogen (secondary N) is 2. The van der Waals surface area contributed by atoms with E-state index in [9.17, 15) is 48.0 Å². The minimum Gasteiger partial charge on any atom is -0.504 e. The number of thioether (sulfide) groups is 1. The van der Waals surface area contributed by atoms with E-state index in [2.05, 4.69) is 20.2 Å². The molecule has 2 aliphatic heterocycles. The van der Waals surface area contributed by atoms with E-state index in [4.69, 9.17) is 10.6 Å². The summed E-state index contributed by atoms with van der Waals surface area (Å²) in [5, 5.41) is 44.9. The fraction of sp³-hybridized carbons (Fsp3) is 0.304. The predicted molar refractivity (Wildman–Crippen MR) is 151 cm³/mol. The highest BCUT2D eigenvalue weighted by atomic mass is 32.2. The molecular weight excluding hydrogens is 632 g/mol. The van der Waals surface area contributed by atoms with Crippen LogP contribution in [0.4, 0.5) is 5.13 Å². The SMILES string of the molecule is CC(C)(O/N=C(\C(=O)N[C@@H]1C(=O)N2C(C(=O)O)=C(CNS(=O)(=O)c3ccc(O)c(O)c3)CSC12)c1csc(N)n1)C(=O)O. The van der Waals surface area contributed by atoms with E-state index in [1.807, 2.05) is 0 Å². The molecule has 1 unspecified atom stereocenters. The maximum Gasteiger partial charge on any atom is 0.352 e. The van der Waals surface area contributed by atoms with Crippen LogP contribution in [0.15, 0.2) is 44.9 Å². The van der Waals surface area contributed by atoms with Crippen LogP contribution in [0.25, 0.3) is 0 Å². The van der Waals surface area contributed by atoms with Gasteiger partial charge in [0.25, 0.3) is 11.8 Å². The van der Waals surface area contributed by atoms with Gasteiger partial charge in [0.05, 0.1) is 4.90 Å². The number of carboxylic acid groups (broad SMARTS) is 2. The number of amides is 2. The number of hydrogen-bond acceptors (Lipinski definition) is 14. The van der Waals surface area contributed by atoms with E-state index >= 15 is 0 Å². The van der Waals surface area contributed by atoms with Crippen LogP contribution < -0.4 is 15.8 Å². The Balaban J connectivity index is 1.52. The second-order valence-corrected chi connectivity index (χ2v) is 13.3. The lowest BCUT2D eigenvalue weighted by atomic mass is 10.0. The van der Waals surface area contributed by atoms with E-state index in [0.717, 1.165) is 46.2 Å². The molecule has 2 aliphatic rings. The number of aromatic hydroxyl groups is 2. The molecule has 2 atom stereocenters. The largest absolute Gasteiger partial charge is 0.504 e. The Morgan fingerprint density at radius 1 is 1.23 bits per heavy atom. The number of nitrogens with two attached hydrogens (primary N) is 1. The van der Waals surface area contributed by atoms with Gasteiger partial charge in [-0.1, -0.05) is 5.16 Å². The molecule has 0 radical (unpaired) electrons. The second-order valence-electron chi connectivity index (χ2n) is 9.51. The van der Waals surface area contributed by atoms with Crippen LogP contribution in [0.2, 0.25) is 0 Å². The number of carbonyl (C=O) groups excluding carboxylic acids is 2. The van der Waals surface area contributed by atoms with Gasteiger partial charge in [-0.15, -0.1) is 23.1 Å². The first kappa shape index (κ1) is 31.5. The molecule has 17 nitrogen and oxygen atoms in total. The molecule has 0 spiro atoms. The Hall–Kier alpha value is -4.40. The fourth-order valence-corrected chi connectivity index (χ4v) is 6.70. The molecule has 20 heteroatoms. The predicted octanol–water partition coefficient (Wildman–Crippen LogP) is -0.562. The van der Waals surface area contributed by atoms with Crippen molar-refractivity contribution in [1.82, 2.24) is 19.9 Å². The molecule has 8 N–H and O–H groups in total. The number of sulfonamides is 1. The molecule has 1 aromatic heterocycles. The molecule has 1 fully saturated rings. The number of carboxylic acids is 2. The Bertz CT molecular complexity index is 1680. The summed E-state index contributed by atoms with van der Waals surface area (Å²) in [6.07, 6.45) is 0. The smallest absolute Gasteiger partial charge is 0.352 e. The number of aliphatic carboxylic acids is 2. The second kappa shape index (κ2) is 11.7. The molecule has 0 aliphatic carbocycles. The maximum absolute atomic E-state index is 13.2. The lowest BCUT2D eigenvalue weighted by molar-refractivity contribution is -0.161. The number of thiazole rings is 1. The third-order valence-electron chi connectivity index (χ3n) is 6.13. The number of phenols is 2. The Morgan fingerprint density at radius 2 is 1.93 bits per heavy atom. The van der Waals surface area contributed by atoms with Crippen LogP contribution in [0.3, 0.4) is 0 Å². The van der Waals surface area contributed by atoms with Crippen LogP contribution in [-0.2, 0) is 34.0 Å². The van der Waals surface area contributed by atoms with Crippen molar-refractivity contribution in [3.05, 3.63) is 40.5 Å². The molecule has 4 rings (SSSR count). The van der Waals surface area contributed by atoms with Crippen LogP contribution >= 0.6 is 23.1 Å². The topological polar surface area (TPSA) is 271 Å². The number of fused-ring (bicyclic) bond motifs is 1. The van der Waals surface area contributed by atoms with Crippen LogP contribution in [0.5, 0.6) is 11.5 Å². The number of aromatic nitrogens is 1. The van der Waals surface area contributed by atoms with Gasteiger partial charge >= 0.3 is 11.9 Å². The summed E-state index contributed by atoms with van der Waals surface area (Å²) in [5.74, 6) is -5.91. The van der Waals surface area contributed by atoms with Crippen molar-refractivity contribution in [2.24, 2.45) is 5.16 Å². The summed E-state index contributed by atoms with van der Waals surface area (Å²) in [6.45, 7) is 1.90. The number of nitrogens with zero attached hydrogens (tertiary/aromatic N) is 3. The Kier molecular flexibility index (Phi) is 8.58. The van der Waals surface area contributed by atoms with Crippen molar-refractivity contribution in [3.63, 3.8) is 0 Å². The Labute approximate surface area is 251 Å². The molecule has 43 heavy (non-hydrogen) atoms. The Morgan fingerprint density at radius 3 is 2.51 bits per heavy atom. The minimum absolute atomic E-state index is 0.0364. The molecular formula is C23H24N6O11S3. The van der Waals surface area contributed by atoms with E-state index in [1.54, 1.807) is 0 Å². The molecule has 0 bridgehead atoms. The van der Waals surface area contributed by atoms with E-state index in [-0.39, 0.29) is 27.0 Å². The lowest BCUT2D eigenvalue weighted by Gasteiger charge is -2.49. The number of benzene rings is 1. The first-order valence-electron chi connectivity index (χ1n) is 12.0. The summed E-state index contributed by atoms with van der Waals surface area (Å²) in [6, 6.07) is 1.60. The van der Waals surface area contributed by atoms with E-state index < -0.39 is 80.2 Å². The van der Waals surface area contributed by atoms with Gasteiger partial charge in [-0.05, 0) is 31.6 Å². The minimum atomic E-state index is -4.25. The summed E-state index contributed by atoms with van der Waals surface area (Å²) in [4.78, 5) is 59.3. The zero-order valence-electron chi connectivity index (χ0n) is 22.2. The van der Waals surface area contributed by atoms with Gasteiger partial charge in [0.15, 0.2) is 22.3 Å². The van der Waals surface area contributed by atoms with Gasteiger partial charge in [0.2, 0.25) is 15.6 Å². The maximum atomic E-state index is 13.2. The molecule has 1 saturated heterocycles. The van der Waals surface area contributed by atoms with Crippen molar-refractivity contribution in [2.45, 2.75) is 35.8 Å². The van der Waals surface area contributed by atoms with Crippen molar-refractivity contribution >= 4 is 67.7 Å². The zero-order valence-corrected chi connectivity index (χ0v) is 24.6. The van der Waals surface area contributed by atoms with Gasteiger partial charge in [-0.2, -0.15) is 0 Å². The van der Waals surface area contributed by atoms with Gasteiger partial charge in [-0.3, -0.25) is 14.5 Å². The number of anilines is 1. The summed E-state index contributed by atoms with van der Waals surface area (Å²) >= 11 is 2.03. The van der Waals surface area contributed by atoms with Crippen LogP contribution in [-0.4, -0.2) is 97.5 Å². The number of rotatable bonds is 11. The quantitative estimate of drug-likeness (QED) is 0.0691. The van der Waals surface area contributed by atoms with Crippen molar-refractivity contribution in [3.8, 4) is 11.5 Å². The summed E-state index contributed by atoms with van der Waals surface area (Å²) in [5.41, 5.74) is 2.89. The van der Waals surface area contributed by atoms with E-state index in [0.29, 0.717) is 0 Å². The first-order valence-corrected chi connectivity index (χ1v) is 15.4. The van der Waals surface area contributed by atoms with Crippen molar-refractivity contribution in [1.29, 1.82) is 0 Å². The summed E-state index contributed by atoms with van der Waals surface area (Å²) < 4.78 is 27.6. The number of phenolic OH excluding ortho intramolecular Hbond substituents is 2. The standard InChI is InChI=1S/C23H24N6O11S3/c1-23(2,21(36)37)40-28-14(11-8-42-22(24)26-11)17(32)27-15-18(33)29-16(20(34)35)9(7-41-19(15)29)6-25-43(38,39)10-3-4-12(30)13(31)5-10/h3-5,8,15,19,25,30-31H,6-7H2,1-2H3,(H2,24,26)(H,27,32)(H,34,35)(H,36,37)/b28-14-/t15-,19?/m1/s1. The monoisotopic (exact) mass is 656 g/mol. The fourth-order valence-electron chi connectivity index (χ4n) is 3.76. The van der Waals surface area contributed by atoms with Crippen LogP contribution in [0, 0.1) is 0 Å². The van der Waals surface area contributed by atoms with Gasteiger partial charge < -0.3 is 36.3 Å².